The number of anilines is 1. The Kier molecular flexibility index (Phi) is 10.1. The normalized spacial score (nSPS) is 15.9. The third kappa shape index (κ3) is 6.58. The zero-order valence-electron chi connectivity index (χ0n) is 18.3. The minimum absolute atomic E-state index is 0. The minimum atomic E-state index is 0. The molecule has 8 nitrogen and oxygen atoms in total. The molecule has 1 aliphatic rings. The van der Waals surface area contributed by atoms with Crippen LogP contribution < -0.4 is 11.1 Å². The molecular weight excluding hydrogens is 505 g/mol. The molecule has 1 aromatic carbocycles. The van der Waals surface area contributed by atoms with Crippen LogP contribution in [0.5, 0.6) is 0 Å². The summed E-state index contributed by atoms with van der Waals surface area (Å²) in [5.41, 5.74) is 8.20. The lowest BCUT2D eigenvalue weighted by atomic mass is 10.1. The SMILES string of the molecule is CCNC(=NCCCc1nn(-c2ccccc2)c(N)c1C#N)N(C)CC1CCOC1.I. The molecule has 0 saturated carbocycles. The van der Waals surface area contributed by atoms with Crippen molar-refractivity contribution in [1.82, 2.24) is 20.0 Å². The summed E-state index contributed by atoms with van der Waals surface area (Å²) in [7, 11) is 2.07. The molecule has 1 saturated heterocycles. The lowest BCUT2D eigenvalue weighted by molar-refractivity contribution is 0.181. The molecule has 0 amide bonds. The summed E-state index contributed by atoms with van der Waals surface area (Å²) in [6, 6.07) is 11.8. The van der Waals surface area contributed by atoms with Crippen molar-refractivity contribution in [2.45, 2.75) is 26.2 Å². The fourth-order valence-electron chi connectivity index (χ4n) is 3.64. The molecule has 0 radical (unpaired) electrons. The van der Waals surface area contributed by atoms with Gasteiger partial charge in [-0.1, -0.05) is 18.2 Å². The van der Waals surface area contributed by atoms with E-state index in [-0.39, 0.29) is 24.0 Å². The van der Waals surface area contributed by atoms with Crippen LogP contribution in [0.15, 0.2) is 35.3 Å². The van der Waals surface area contributed by atoms with Gasteiger partial charge >= 0.3 is 0 Å². The summed E-state index contributed by atoms with van der Waals surface area (Å²) in [5.74, 6) is 1.84. The first kappa shape index (κ1) is 24.9. The van der Waals surface area contributed by atoms with Gasteiger partial charge in [-0.3, -0.25) is 4.99 Å². The average Bonchev–Trinajstić information content (AvgIpc) is 3.38. The molecule has 0 spiro atoms. The second kappa shape index (κ2) is 12.5. The highest BCUT2D eigenvalue weighted by molar-refractivity contribution is 14.0. The predicted molar refractivity (Wildman–Crippen MR) is 134 cm³/mol. The lowest BCUT2D eigenvalue weighted by Crippen LogP contribution is -2.41. The van der Waals surface area contributed by atoms with E-state index in [9.17, 15) is 5.26 Å². The zero-order chi connectivity index (χ0) is 21.3. The highest BCUT2D eigenvalue weighted by atomic mass is 127. The number of ether oxygens (including phenoxy) is 1. The second-order valence-electron chi connectivity index (χ2n) is 7.52. The van der Waals surface area contributed by atoms with Gasteiger partial charge < -0.3 is 20.7 Å². The highest BCUT2D eigenvalue weighted by Gasteiger charge is 2.19. The van der Waals surface area contributed by atoms with Crippen LogP contribution in [0.4, 0.5) is 5.82 Å². The number of aryl methyl sites for hydroxylation is 1. The first-order chi connectivity index (χ1) is 14.6. The summed E-state index contributed by atoms with van der Waals surface area (Å²) >= 11 is 0. The van der Waals surface area contributed by atoms with Gasteiger partial charge in [0.05, 0.1) is 18.0 Å². The topological polar surface area (TPSA) is 104 Å². The number of aromatic nitrogens is 2. The zero-order valence-corrected chi connectivity index (χ0v) is 20.6. The van der Waals surface area contributed by atoms with Crippen LogP contribution in [0.3, 0.4) is 0 Å². The number of nitrogens with zero attached hydrogens (tertiary/aromatic N) is 5. The van der Waals surface area contributed by atoms with Crippen LogP contribution in [-0.2, 0) is 11.2 Å². The number of nitrogen functional groups attached to an aromatic ring is 1. The molecular formula is C22H32IN7O. The number of hydrogen-bond acceptors (Lipinski definition) is 5. The van der Waals surface area contributed by atoms with E-state index in [1.165, 1.54) is 0 Å². The minimum Gasteiger partial charge on any atom is -0.382 e. The Bertz CT molecular complexity index is 885. The van der Waals surface area contributed by atoms with Gasteiger partial charge in [-0.2, -0.15) is 10.4 Å². The van der Waals surface area contributed by atoms with Crippen LogP contribution >= 0.6 is 24.0 Å². The van der Waals surface area contributed by atoms with Crippen LogP contribution in [0.25, 0.3) is 5.69 Å². The maximum Gasteiger partial charge on any atom is 0.193 e. The first-order valence-corrected chi connectivity index (χ1v) is 10.5. The summed E-state index contributed by atoms with van der Waals surface area (Å²) < 4.78 is 7.12. The summed E-state index contributed by atoms with van der Waals surface area (Å²) in [5, 5.41) is 17.5. The smallest absolute Gasteiger partial charge is 0.193 e. The lowest BCUT2D eigenvalue weighted by Gasteiger charge is -2.24. The fraction of sp³-hybridized carbons (Fsp3) is 0.500. The molecule has 0 bridgehead atoms. The molecule has 0 aliphatic carbocycles. The largest absolute Gasteiger partial charge is 0.382 e. The molecule has 1 aliphatic heterocycles. The van der Waals surface area contributed by atoms with E-state index in [0.717, 1.165) is 56.5 Å². The van der Waals surface area contributed by atoms with E-state index >= 15 is 0 Å². The number of aliphatic imine (C=N–C) groups is 1. The van der Waals surface area contributed by atoms with Gasteiger partial charge in [0.25, 0.3) is 0 Å². The van der Waals surface area contributed by atoms with Crippen molar-refractivity contribution in [2.24, 2.45) is 10.9 Å². The number of nitrogens with two attached hydrogens (primary N) is 1. The van der Waals surface area contributed by atoms with Gasteiger partial charge in [-0.25, -0.2) is 4.68 Å². The van der Waals surface area contributed by atoms with E-state index in [0.29, 0.717) is 30.3 Å². The number of guanidine groups is 1. The first-order valence-electron chi connectivity index (χ1n) is 10.5. The molecule has 168 valence electrons. The Balaban J connectivity index is 0.00000341. The maximum atomic E-state index is 9.54. The summed E-state index contributed by atoms with van der Waals surface area (Å²) in [6.45, 7) is 6.15. The molecule has 1 atom stereocenters. The van der Waals surface area contributed by atoms with Gasteiger partial charge in [-0.15, -0.1) is 24.0 Å². The highest BCUT2D eigenvalue weighted by Crippen LogP contribution is 2.21. The number of halogens is 1. The van der Waals surface area contributed by atoms with E-state index < -0.39 is 0 Å². The monoisotopic (exact) mass is 537 g/mol. The fourth-order valence-corrected chi connectivity index (χ4v) is 3.64. The van der Waals surface area contributed by atoms with E-state index in [1.54, 1.807) is 4.68 Å². The third-order valence-electron chi connectivity index (χ3n) is 5.19. The molecule has 31 heavy (non-hydrogen) atoms. The van der Waals surface area contributed by atoms with Crippen LogP contribution in [0.1, 0.15) is 31.0 Å². The maximum absolute atomic E-state index is 9.54. The Morgan fingerprint density at radius 1 is 1.42 bits per heavy atom. The molecule has 1 fully saturated rings. The van der Waals surface area contributed by atoms with Gasteiger partial charge in [-0.05, 0) is 38.3 Å². The molecule has 1 aromatic heterocycles. The number of nitriles is 1. The number of para-hydroxylation sites is 1. The van der Waals surface area contributed by atoms with Gasteiger partial charge in [0, 0.05) is 39.2 Å². The Morgan fingerprint density at radius 2 is 2.19 bits per heavy atom. The molecule has 3 N–H and O–H groups in total. The van der Waals surface area contributed by atoms with Crippen molar-refractivity contribution in [2.75, 3.05) is 45.6 Å². The number of nitrogens with one attached hydrogen (secondary N) is 1. The second-order valence-corrected chi connectivity index (χ2v) is 7.52. The average molecular weight is 537 g/mol. The predicted octanol–water partition coefficient (Wildman–Crippen LogP) is 2.81. The summed E-state index contributed by atoms with van der Waals surface area (Å²) in [6.07, 6.45) is 2.54. The molecule has 2 heterocycles. The standard InChI is InChI=1S/C22H31N7O.HI/c1-3-25-22(28(2)15-17-11-13-30-16-17)26-12-7-10-20-19(14-23)21(24)29(27-20)18-8-5-4-6-9-18;/h4-6,8-9,17H,3,7,10-13,15-16,24H2,1-2H3,(H,25,26);1H. The Morgan fingerprint density at radius 3 is 2.84 bits per heavy atom. The van der Waals surface area contributed by atoms with Crippen LogP contribution in [0.2, 0.25) is 0 Å². The van der Waals surface area contributed by atoms with Crippen molar-refractivity contribution in [3.63, 3.8) is 0 Å². The van der Waals surface area contributed by atoms with Crippen LogP contribution in [0, 0.1) is 17.2 Å². The Labute approximate surface area is 201 Å². The van der Waals surface area contributed by atoms with E-state index in [1.807, 2.05) is 30.3 Å². The number of hydrogen-bond donors (Lipinski definition) is 2. The summed E-state index contributed by atoms with van der Waals surface area (Å²) in [4.78, 5) is 6.93. The molecule has 9 heteroatoms. The number of rotatable bonds is 8. The van der Waals surface area contributed by atoms with Crippen molar-refractivity contribution in [1.29, 1.82) is 5.26 Å². The molecule has 3 rings (SSSR count). The molecule has 2 aromatic rings. The third-order valence-corrected chi connectivity index (χ3v) is 5.19. The molecule has 1 unspecified atom stereocenters. The van der Waals surface area contributed by atoms with Crippen LogP contribution in [-0.4, -0.2) is 60.5 Å². The number of benzene rings is 1. The van der Waals surface area contributed by atoms with Gasteiger partial charge in [0.2, 0.25) is 0 Å². The Hall–Kier alpha value is -2.32. The van der Waals surface area contributed by atoms with Crippen molar-refractivity contribution >= 4 is 35.8 Å². The van der Waals surface area contributed by atoms with Crippen molar-refractivity contribution < 1.29 is 4.74 Å². The van der Waals surface area contributed by atoms with Crippen molar-refractivity contribution in [3.05, 3.63) is 41.6 Å². The van der Waals surface area contributed by atoms with Crippen molar-refractivity contribution in [3.8, 4) is 11.8 Å². The quantitative estimate of drug-likeness (QED) is 0.232. The van der Waals surface area contributed by atoms with E-state index in [4.69, 9.17) is 15.5 Å². The van der Waals surface area contributed by atoms with E-state index in [2.05, 4.69) is 35.4 Å². The van der Waals surface area contributed by atoms with Gasteiger partial charge in [0.15, 0.2) is 5.96 Å². The van der Waals surface area contributed by atoms with Gasteiger partial charge in [0.1, 0.15) is 17.5 Å².